The molecule has 0 bridgehead atoms. The van der Waals surface area contributed by atoms with E-state index in [2.05, 4.69) is 19.2 Å². The van der Waals surface area contributed by atoms with Crippen LogP contribution in [-0.4, -0.2) is 25.1 Å². The topological polar surface area (TPSA) is 55.6 Å². The van der Waals surface area contributed by atoms with Gasteiger partial charge in [-0.2, -0.15) is 13.8 Å². The molecule has 0 saturated carbocycles. The summed E-state index contributed by atoms with van der Waals surface area (Å²) < 4.78 is 9.67. The Morgan fingerprint density at radius 2 is 2.40 bits per heavy atom. The van der Waals surface area contributed by atoms with Crippen LogP contribution in [0.3, 0.4) is 0 Å². The minimum absolute atomic E-state index is 0.436. The van der Waals surface area contributed by atoms with Crippen LogP contribution in [0.2, 0.25) is 5.15 Å². The summed E-state index contributed by atoms with van der Waals surface area (Å²) in [5, 5.41) is 7.64. The maximum Gasteiger partial charge on any atom is 0.186 e. The van der Waals surface area contributed by atoms with E-state index < -0.39 is 0 Å². The molecule has 0 aromatic carbocycles. The molecule has 0 fully saturated rings. The van der Waals surface area contributed by atoms with Crippen LogP contribution in [0.25, 0.3) is 0 Å². The fourth-order valence-electron chi connectivity index (χ4n) is 1.21. The Kier molecular flexibility index (Phi) is 3.17. The van der Waals surface area contributed by atoms with Crippen LogP contribution in [0.15, 0.2) is 12.4 Å². The van der Waals surface area contributed by atoms with Gasteiger partial charge >= 0.3 is 0 Å². The minimum Gasteiger partial charge on any atom is -0.366 e. The van der Waals surface area contributed by atoms with E-state index in [1.54, 1.807) is 4.68 Å². The van der Waals surface area contributed by atoms with Crippen molar-refractivity contribution in [1.29, 1.82) is 0 Å². The molecule has 0 amide bonds. The standard InChI is InChI=1S/C8H10ClN5S/c1-14-5-6(4-11-14)2-3-10-8-7(9)12-15-13-8/h4-5H,2-3H2,1H3,(H,10,13). The normalized spacial score (nSPS) is 10.5. The van der Waals surface area contributed by atoms with Crippen molar-refractivity contribution in [3.05, 3.63) is 23.1 Å². The summed E-state index contributed by atoms with van der Waals surface area (Å²) in [4.78, 5) is 0. The predicted molar refractivity (Wildman–Crippen MR) is 60.3 cm³/mol. The van der Waals surface area contributed by atoms with Gasteiger partial charge in [-0.15, -0.1) is 0 Å². The van der Waals surface area contributed by atoms with E-state index in [1.807, 2.05) is 19.4 Å². The molecule has 0 aliphatic rings. The third kappa shape index (κ3) is 2.66. The number of aromatic nitrogens is 4. The van der Waals surface area contributed by atoms with Gasteiger partial charge in [-0.1, -0.05) is 11.6 Å². The van der Waals surface area contributed by atoms with Crippen molar-refractivity contribution in [3.63, 3.8) is 0 Å². The van der Waals surface area contributed by atoms with Crippen molar-refractivity contribution in [2.75, 3.05) is 11.9 Å². The summed E-state index contributed by atoms with van der Waals surface area (Å²) in [7, 11) is 1.90. The van der Waals surface area contributed by atoms with Gasteiger partial charge in [0, 0.05) is 19.8 Å². The zero-order valence-corrected chi connectivity index (χ0v) is 9.72. The average Bonchev–Trinajstić information content (AvgIpc) is 2.77. The van der Waals surface area contributed by atoms with Gasteiger partial charge in [0.05, 0.1) is 17.9 Å². The highest BCUT2D eigenvalue weighted by Crippen LogP contribution is 2.17. The van der Waals surface area contributed by atoms with E-state index >= 15 is 0 Å². The average molecular weight is 244 g/mol. The number of halogens is 1. The highest BCUT2D eigenvalue weighted by Gasteiger charge is 2.03. The number of anilines is 1. The highest BCUT2D eigenvalue weighted by atomic mass is 35.5. The summed E-state index contributed by atoms with van der Waals surface area (Å²) in [6.07, 6.45) is 4.73. The Labute approximate surface area is 96.4 Å². The number of hydrogen-bond donors (Lipinski definition) is 1. The summed E-state index contributed by atoms with van der Waals surface area (Å²) in [6, 6.07) is 0. The zero-order chi connectivity index (χ0) is 10.7. The van der Waals surface area contributed by atoms with Crippen LogP contribution in [0.5, 0.6) is 0 Å². The molecule has 5 nitrogen and oxygen atoms in total. The molecule has 2 rings (SSSR count). The van der Waals surface area contributed by atoms with Crippen molar-refractivity contribution >= 4 is 29.1 Å². The van der Waals surface area contributed by atoms with Crippen LogP contribution in [0.1, 0.15) is 5.56 Å². The molecule has 0 atom stereocenters. The van der Waals surface area contributed by atoms with E-state index in [0.717, 1.165) is 24.7 Å². The van der Waals surface area contributed by atoms with Crippen molar-refractivity contribution in [2.24, 2.45) is 7.05 Å². The van der Waals surface area contributed by atoms with Gasteiger partial charge in [0.1, 0.15) is 0 Å². The lowest BCUT2D eigenvalue weighted by atomic mass is 10.2. The number of nitrogens with zero attached hydrogens (tertiary/aromatic N) is 4. The Morgan fingerprint density at radius 1 is 1.53 bits per heavy atom. The maximum absolute atomic E-state index is 5.78. The van der Waals surface area contributed by atoms with E-state index in [0.29, 0.717) is 11.0 Å². The Bertz CT molecular complexity index is 438. The van der Waals surface area contributed by atoms with Crippen molar-refractivity contribution in [2.45, 2.75) is 6.42 Å². The summed E-state index contributed by atoms with van der Waals surface area (Å²) in [5.41, 5.74) is 1.18. The first-order valence-corrected chi connectivity index (χ1v) is 5.56. The molecule has 2 aromatic rings. The highest BCUT2D eigenvalue weighted by molar-refractivity contribution is 6.99. The molecular formula is C8H10ClN5S. The number of nitrogens with one attached hydrogen (secondary N) is 1. The smallest absolute Gasteiger partial charge is 0.186 e. The first-order valence-electron chi connectivity index (χ1n) is 4.45. The van der Waals surface area contributed by atoms with Crippen LogP contribution in [-0.2, 0) is 13.5 Å². The monoisotopic (exact) mass is 243 g/mol. The Morgan fingerprint density at radius 3 is 3.00 bits per heavy atom. The van der Waals surface area contributed by atoms with E-state index in [9.17, 15) is 0 Å². The largest absolute Gasteiger partial charge is 0.366 e. The molecule has 15 heavy (non-hydrogen) atoms. The minimum atomic E-state index is 0.436. The van der Waals surface area contributed by atoms with E-state index in [1.165, 1.54) is 5.56 Å². The van der Waals surface area contributed by atoms with E-state index in [-0.39, 0.29) is 0 Å². The third-order valence-corrected chi connectivity index (χ3v) is 2.81. The molecule has 0 aliphatic carbocycles. The van der Waals surface area contributed by atoms with Gasteiger partial charge in [0.15, 0.2) is 11.0 Å². The maximum atomic E-state index is 5.78. The number of hydrogen-bond acceptors (Lipinski definition) is 5. The summed E-state index contributed by atoms with van der Waals surface area (Å²) >= 11 is 6.89. The Hall–Kier alpha value is -1.14. The van der Waals surface area contributed by atoms with Gasteiger partial charge in [-0.3, -0.25) is 4.68 Å². The van der Waals surface area contributed by atoms with E-state index in [4.69, 9.17) is 11.6 Å². The molecule has 7 heteroatoms. The quantitative estimate of drug-likeness (QED) is 0.886. The van der Waals surface area contributed by atoms with Crippen LogP contribution >= 0.6 is 23.3 Å². The summed E-state index contributed by atoms with van der Waals surface area (Å²) in [5.74, 6) is 0.658. The van der Waals surface area contributed by atoms with Crippen molar-refractivity contribution in [1.82, 2.24) is 18.5 Å². The molecular weight excluding hydrogens is 234 g/mol. The predicted octanol–water partition coefficient (Wildman–Crippen LogP) is 1.58. The van der Waals surface area contributed by atoms with Gasteiger partial charge in [0.2, 0.25) is 0 Å². The second kappa shape index (κ2) is 4.59. The zero-order valence-electron chi connectivity index (χ0n) is 8.14. The lowest BCUT2D eigenvalue weighted by molar-refractivity contribution is 0.767. The van der Waals surface area contributed by atoms with Gasteiger partial charge in [-0.05, 0) is 12.0 Å². The van der Waals surface area contributed by atoms with Gasteiger partial charge < -0.3 is 5.32 Å². The molecule has 1 N–H and O–H groups in total. The van der Waals surface area contributed by atoms with Gasteiger partial charge in [0.25, 0.3) is 0 Å². The van der Waals surface area contributed by atoms with Crippen molar-refractivity contribution in [3.8, 4) is 0 Å². The third-order valence-electron chi connectivity index (χ3n) is 1.91. The second-order valence-corrected chi connectivity index (χ2v) is 3.99. The fraction of sp³-hybridized carbons (Fsp3) is 0.375. The lowest BCUT2D eigenvalue weighted by Crippen LogP contribution is -2.04. The molecule has 80 valence electrons. The Balaban J connectivity index is 1.83. The second-order valence-electron chi connectivity index (χ2n) is 3.10. The number of aryl methyl sites for hydroxylation is 1. The van der Waals surface area contributed by atoms with Crippen LogP contribution < -0.4 is 5.32 Å². The van der Waals surface area contributed by atoms with Crippen LogP contribution in [0, 0.1) is 0 Å². The molecule has 0 unspecified atom stereocenters. The lowest BCUT2D eigenvalue weighted by Gasteiger charge is -2.00. The summed E-state index contributed by atoms with van der Waals surface area (Å²) in [6.45, 7) is 0.775. The SMILES string of the molecule is Cn1cc(CCNc2nsnc2Cl)cn1. The van der Waals surface area contributed by atoms with Crippen LogP contribution in [0.4, 0.5) is 5.82 Å². The molecule has 2 heterocycles. The first kappa shape index (κ1) is 10.4. The molecule has 0 spiro atoms. The molecule has 0 aliphatic heterocycles. The fourth-order valence-corrected chi connectivity index (χ4v) is 1.89. The number of rotatable bonds is 4. The first-order chi connectivity index (χ1) is 7.25. The molecule has 2 aromatic heterocycles. The molecule has 0 saturated heterocycles. The molecule has 0 radical (unpaired) electrons. The van der Waals surface area contributed by atoms with Crippen molar-refractivity contribution < 1.29 is 0 Å². The van der Waals surface area contributed by atoms with Gasteiger partial charge in [-0.25, -0.2) is 0 Å².